The van der Waals surface area contributed by atoms with Gasteiger partial charge in [-0.2, -0.15) is 0 Å². The molecule has 1 aromatic carbocycles. The Morgan fingerprint density at radius 1 is 0.929 bits per heavy atom. The molecule has 0 unspecified atom stereocenters. The zero-order chi connectivity index (χ0) is 11.6. The quantitative estimate of drug-likeness (QED) is 0.697. The lowest BCUT2D eigenvalue weighted by Gasteiger charge is -2.05. The molecule has 0 aliphatic rings. The Labute approximate surface area is 88.8 Å². The highest BCUT2D eigenvalue weighted by molar-refractivity contribution is 5.33. The summed E-state index contributed by atoms with van der Waals surface area (Å²) in [5.41, 5.74) is 1.02. The highest BCUT2D eigenvalue weighted by atomic mass is 16.3. The minimum atomic E-state index is 0.400. The van der Waals surface area contributed by atoms with Crippen LogP contribution in [0, 0.1) is 0 Å². The van der Waals surface area contributed by atoms with Crippen LogP contribution in [0.4, 0.5) is 0 Å². The molecule has 0 aliphatic carbocycles. The van der Waals surface area contributed by atoms with Crippen LogP contribution in [0.2, 0.25) is 0 Å². The number of para-hydroxylation sites is 1. The van der Waals surface area contributed by atoms with Crippen molar-refractivity contribution in [3.05, 3.63) is 29.8 Å². The molecule has 0 atom stereocenters. The molecule has 0 saturated carbocycles. The third-order valence-corrected chi connectivity index (χ3v) is 1.56. The van der Waals surface area contributed by atoms with Gasteiger partial charge in [-0.15, -0.1) is 0 Å². The molecule has 14 heavy (non-hydrogen) atoms. The van der Waals surface area contributed by atoms with E-state index in [0.717, 1.165) is 5.56 Å². The molecule has 0 spiro atoms. The van der Waals surface area contributed by atoms with E-state index in [-0.39, 0.29) is 0 Å². The van der Waals surface area contributed by atoms with Crippen molar-refractivity contribution in [3.8, 4) is 5.75 Å². The number of hydrogen-bond acceptors (Lipinski definition) is 1. The number of hydrogen-bond donors (Lipinski definition) is 1. The predicted octanol–water partition coefficient (Wildman–Crippen LogP) is 4.57. The van der Waals surface area contributed by atoms with E-state index in [4.69, 9.17) is 0 Å². The Kier molecular flexibility index (Phi) is 11.2. The number of phenols is 1. The average molecular weight is 196 g/mol. The molecule has 0 heterocycles. The Bertz CT molecular complexity index is 216. The van der Waals surface area contributed by atoms with E-state index in [1.54, 1.807) is 6.07 Å². The van der Waals surface area contributed by atoms with Crippen molar-refractivity contribution in [2.75, 3.05) is 0 Å². The molecule has 0 bridgehead atoms. The molecule has 0 aliphatic heterocycles. The molecule has 0 radical (unpaired) electrons. The minimum absolute atomic E-state index is 0.400. The summed E-state index contributed by atoms with van der Waals surface area (Å²) in [5.74, 6) is 0.804. The van der Waals surface area contributed by atoms with Crippen molar-refractivity contribution >= 4 is 0 Å². The van der Waals surface area contributed by atoms with Gasteiger partial charge >= 0.3 is 0 Å². The second kappa shape index (κ2) is 10.1. The van der Waals surface area contributed by atoms with Crippen LogP contribution in [0.3, 0.4) is 0 Å². The van der Waals surface area contributed by atoms with Crippen LogP contribution in [0.25, 0.3) is 0 Å². The first-order valence-electron chi connectivity index (χ1n) is 5.49. The smallest absolute Gasteiger partial charge is 0.119 e. The number of rotatable bonds is 1. The van der Waals surface area contributed by atoms with Gasteiger partial charge in [0, 0.05) is 0 Å². The highest BCUT2D eigenvalue weighted by Gasteiger charge is 2.01. The molecule has 1 rings (SSSR count). The molecule has 82 valence electrons. The summed E-state index contributed by atoms with van der Waals surface area (Å²) in [7, 11) is 0. The second-order valence-electron chi connectivity index (χ2n) is 2.71. The number of aromatic hydroxyl groups is 1. The zero-order valence-corrected chi connectivity index (χ0v) is 10.3. The molecule has 0 aromatic heterocycles. The highest BCUT2D eigenvalue weighted by Crippen LogP contribution is 2.23. The maximum absolute atomic E-state index is 9.28. The fourth-order valence-corrected chi connectivity index (χ4v) is 0.976. The van der Waals surface area contributed by atoms with Gasteiger partial charge in [0.15, 0.2) is 0 Å². The van der Waals surface area contributed by atoms with E-state index >= 15 is 0 Å². The summed E-state index contributed by atoms with van der Waals surface area (Å²) >= 11 is 0. The van der Waals surface area contributed by atoms with E-state index in [2.05, 4.69) is 13.8 Å². The van der Waals surface area contributed by atoms with E-state index in [9.17, 15) is 5.11 Å². The number of phenolic OH excluding ortho intramolecular Hbond substituents is 1. The maximum atomic E-state index is 9.28. The lowest BCUT2D eigenvalue weighted by molar-refractivity contribution is 0.465. The molecule has 0 amide bonds. The molecule has 0 saturated heterocycles. The SMILES string of the molecule is CC.CC.CC(C)c1ccccc1O. The van der Waals surface area contributed by atoms with Gasteiger partial charge in [-0.25, -0.2) is 0 Å². The molecule has 1 aromatic rings. The molecule has 1 N–H and O–H groups in total. The normalized spacial score (nSPS) is 8.21. The molecule has 1 nitrogen and oxygen atoms in total. The van der Waals surface area contributed by atoms with Gasteiger partial charge in [0.2, 0.25) is 0 Å². The van der Waals surface area contributed by atoms with Crippen LogP contribution >= 0.6 is 0 Å². The van der Waals surface area contributed by atoms with E-state index < -0.39 is 0 Å². The third-order valence-electron chi connectivity index (χ3n) is 1.56. The third kappa shape index (κ3) is 5.63. The zero-order valence-electron chi connectivity index (χ0n) is 10.3. The van der Waals surface area contributed by atoms with Crippen LogP contribution in [-0.4, -0.2) is 5.11 Å². The van der Waals surface area contributed by atoms with Gasteiger partial charge < -0.3 is 5.11 Å². The van der Waals surface area contributed by atoms with Gasteiger partial charge in [0.05, 0.1) is 0 Å². The summed E-state index contributed by atoms with van der Waals surface area (Å²) in [6.07, 6.45) is 0. The Balaban J connectivity index is 0. The van der Waals surface area contributed by atoms with Crippen LogP contribution in [-0.2, 0) is 0 Å². The predicted molar refractivity (Wildman–Crippen MR) is 64.9 cm³/mol. The van der Waals surface area contributed by atoms with Crippen molar-refractivity contribution in [1.29, 1.82) is 0 Å². The Morgan fingerprint density at radius 3 is 1.64 bits per heavy atom. The van der Waals surface area contributed by atoms with Gasteiger partial charge in [0.1, 0.15) is 5.75 Å². The van der Waals surface area contributed by atoms with E-state index in [1.807, 2.05) is 45.9 Å². The van der Waals surface area contributed by atoms with Gasteiger partial charge in [0.25, 0.3) is 0 Å². The Morgan fingerprint density at radius 2 is 1.36 bits per heavy atom. The molecular formula is C13H24O. The lowest BCUT2D eigenvalue weighted by atomic mass is 10.0. The topological polar surface area (TPSA) is 20.2 Å². The minimum Gasteiger partial charge on any atom is -0.508 e. The van der Waals surface area contributed by atoms with Gasteiger partial charge in [-0.3, -0.25) is 0 Å². The first-order chi connectivity index (χ1) is 6.72. The van der Waals surface area contributed by atoms with E-state index in [1.165, 1.54) is 0 Å². The van der Waals surface area contributed by atoms with Crippen LogP contribution in [0.15, 0.2) is 24.3 Å². The summed E-state index contributed by atoms with van der Waals surface area (Å²) in [6, 6.07) is 7.44. The van der Waals surface area contributed by atoms with Crippen LogP contribution in [0.1, 0.15) is 53.0 Å². The summed E-state index contributed by atoms with van der Waals surface area (Å²) in [6.45, 7) is 12.1. The maximum Gasteiger partial charge on any atom is 0.119 e. The molecular weight excluding hydrogens is 172 g/mol. The largest absolute Gasteiger partial charge is 0.508 e. The van der Waals surface area contributed by atoms with Crippen molar-refractivity contribution in [2.45, 2.75) is 47.5 Å². The van der Waals surface area contributed by atoms with Crippen LogP contribution < -0.4 is 0 Å². The average Bonchev–Trinajstić information content (AvgIpc) is 2.24. The Hall–Kier alpha value is -0.980. The summed E-state index contributed by atoms with van der Waals surface area (Å²) < 4.78 is 0. The summed E-state index contributed by atoms with van der Waals surface area (Å²) in [5, 5.41) is 9.28. The first-order valence-corrected chi connectivity index (χ1v) is 5.49. The molecule has 0 fully saturated rings. The number of benzene rings is 1. The van der Waals surface area contributed by atoms with Gasteiger partial charge in [-0.05, 0) is 17.5 Å². The van der Waals surface area contributed by atoms with Crippen molar-refractivity contribution in [3.63, 3.8) is 0 Å². The fraction of sp³-hybridized carbons (Fsp3) is 0.538. The van der Waals surface area contributed by atoms with Crippen LogP contribution in [0.5, 0.6) is 5.75 Å². The standard InChI is InChI=1S/C9H12O.2C2H6/c1-7(2)8-5-3-4-6-9(8)10;2*1-2/h3-7,10H,1-2H3;2*1-2H3. The summed E-state index contributed by atoms with van der Waals surface area (Å²) in [4.78, 5) is 0. The fourth-order valence-electron chi connectivity index (χ4n) is 0.976. The van der Waals surface area contributed by atoms with E-state index in [0.29, 0.717) is 11.7 Å². The van der Waals surface area contributed by atoms with Crippen molar-refractivity contribution < 1.29 is 5.11 Å². The van der Waals surface area contributed by atoms with Crippen molar-refractivity contribution in [2.24, 2.45) is 0 Å². The van der Waals surface area contributed by atoms with Crippen molar-refractivity contribution in [1.82, 2.24) is 0 Å². The second-order valence-corrected chi connectivity index (χ2v) is 2.71. The lowest BCUT2D eigenvalue weighted by Crippen LogP contribution is -1.85. The first kappa shape index (κ1) is 15.5. The monoisotopic (exact) mass is 196 g/mol. The van der Waals surface area contributed by atoms with Gasteiger partial charge in [-0.1, -0.05) is 59.7 Å². The molecule has 1 heteroatoms.